The number of fused-ring (bicyclic) bond motifs is 1. The first-order valence-electron chi connectivity index (χ1n) is 6.77. The first-order valence-corrected chi connectivity index (χ1v) is 6.77. The molecule has 4 nitrogen and oxygen atoms in total. The third kappa shape index (κ3) is 2.82. The van der Waals surface area contributed by atoms with E-state index in [-0.39, 0.29) is 12.2 Å². The lowest BCUT2D eigenvalue weighted by atomic mass is 10.0. The minimum absolute atomic E-state index is 0.0625. The Kier molecular flexibility index (Phi) is 4.13. The Morgan fingerprint density at radius 1 is 1.33 bits per heavy atom. The molecule has 0 spiro atoms. The van der Waals surface area contributed by atoms with Crippen LogP contribution < -0.4 is 0 Å². The SMILES string of the molecule is CCOC(=O)C(C#N)=Cc1oc2cc(C)c(C)cc2c1C. The zero-order valence-electron chi connectivity index (χ0n) is 12.6. The Hall–Kier alpha value is -2.54. The molecule has 0 saturated heterocycles. The Morgan fingerprint density at radius 2 is 2.00 bits per heavy atom. The van der Waals surface area contributed by atoms with Crippen LogP contribution in [0.3, 0.4) is 0 Å². The Morgan fingerprint density at radius 3 is 2.62 bits per heavy atom. The largest absolute Gasteiger partial charge is 0.462 e. The van der Waals surface area contributed by atoms with E-state index in [9.17, 15) is 4.79 Å². The van der Waals surface area contributed by atoms with Crippen LogP contribution in [0.25, 0.3) is 17.0 Å². The monoisotopic (exact) mass is 283 g/mol. The highest BCUT2D eigenvalue weighted by Crippen LogP contribution is 2.29. The Bertz CT molecular complexity index is 775. The predicted octanol–water partition coefficient (Wildman–Crippen LogP) is 3.83. The van der Waals surface area contributed by atoms with Crippen molar-refractivity contribution in [2.45, 2.75) is 27.7 Å². The van der Waals surface area contributed by atoms with E-state index in [1.807, 2.05) is 32.9 Å². The van der Waals surface area contributed by atoms with Gasteiger partial charge in [-0.05, 0) is 51.0 Å². The zero-order valence-corrected chi connectivity index (χ0v) is 12.6. The summed E-state index contributed by atoms with van der Waals surface area (Å²) in [6.07, 6.45) is 1.44. The van der Waals surface area contributed by atoms with Crippen molar-refractivity contribution in [3.8, 4) is 6.07 Å². The highest BCUT2D eigenvalue weighted by atomic mass is 16.5. The standard InChI is InChI=1S/C17H17NO3/c1-5-20-17(19)13(9-18)8-15-12(4)14-6-10(2)11(3)7-16(14)21-15/h6-8H,5H2,1-4H3. The molecule has 21 heavy (non-hydrogen) atoms. The molecular weight excluding hydrogens is 266 g/mol. The van der Waals surface area contributed by atoms with Crippen LogP contribution in [0.4, 0.5) is 0 Å². The van der Waals surface area contributed by atoms with Gasteiger partial charge in [0.2, 0.25) is 0 Å². The van der Waals surface area contributed by atoms with Crippen molar-refractivity contribution in [1.82, 2.24) is 0 Å². The molecule has 0 radical (unpaired) electrons. The van der Waals surface area contributed by atoms with Crippen molar-refractivity contribution in [1.29, 1.82) is 5.26 Å². The highest BCUT2D eigenvalue weighted by Gasteiger charge is 2.15. The molecule has 2 aromatic rings. The van der Waals surface area contributed by atoms with Crippen molar-refractivity contribution in [3.63, 3.8) is 0 Å². The molecule has 0 saturated carbocycles. The molecule has 0 amide bonds. The van der Waals surface area contributed by atoms with Crippen LogP contribution in [0.5, 0.6) is 0 Å². The highest BCUT2D eigenvalue weighted by molar-refractivity contribution is 5.98. The van der Waals surface area contributed by atoms with Crippen LogP contribution in [-0.2, 0) is 9.53 Å². The van der Waals surface area contributed by atoms with Gasteiger partial charge in [0.1, 0.15) is 23.0 Å². The second kappa shape index (κ2) is 5.84. The fourth-order valence-corrected chi connectivity index (χ4v) is 2.11. The third-order valence-electron chi connectivity index (χ3n) is 3.48. The van der Waals surface area contributed by atoms with Crippen molar-refractivity contribution < 1.29 is 13.9 Å². The van der Waals surface area contributed by atoms with E-state index in [0.29, 0.717) is 5.76 Å². The third-order valence-corrected chi connectivity index (χ3v) is 3.48. The molecule has 0 atom stereocenters. The lowest BCUT2D eigenvalue weighted by Crippen LogP contribution is -2.05. The van der Waals surface area contributed by atoms with Crippen LogP contribution in [0, 0.1) is 32.1 Å². The number of ether oxygens (including phenoxy) is 1. The van der Waals surface area contributed by atoms with Crippen LogP contribution >= 0.6 is 0 Å². The number of hydrogen-bond donors (Lipinski definition) is 0. The molecule has 1 heterocycles. The minimum atomic E-state index is -0.632. The summed E-state index contributed by atoms with van der Waals surface area (Å²) in [5.41, 5.74) is 3.91. The van der Waals surface area contributed by atoms with Crippen molar-refractivity contribution in [3.05, 3.63) is 40.2 Å². The first-order chi connectivity index (χ1) is 9.97. The maximum Gasteiger partial charge on any atom is 0.349 e. The zero-order chi connectivity index (χ0) is 15.6. The molecule has 0 fully saturated rings. The number of hydrogen-bond acceptors (Lipinski definition) is 4. The summed E-state index contributed by atoms with van der Waals surface area (Å²) in [7, 11) is 0. The summed E-state index contributed by atoms with van der Waals surface area (Å²) in [6, 6.07) is 5.87. The molecule has 1 aromatic heterocycles. The molecule has 0 aliphatic heterocycles. The van der Waals surface area contributed by atoms with Crippen LogP contribution in [-0.4, -0.2) is 12.6 Å². The van der Waals surface area contributed by atoms with Gasteiger partial charge in [-0.15, -0.1) is 0 Å². The summed E-state index contributed by atoms with van der Waals surface area (Å²) in [6.45, 7) is 7.89. The number of benzene rings is 1. The molecular formula is C17H17NO3. The molecule has 4 heteroatoms. The topological polar surface area (TPSA) is 63.2 Å². The molecule has 1 aromatic carbocycles. The van der Waals surface area contributed by atoms with Crippen LogP contribution in [0.1, 0.15) is 29.4 Å². The fourth-order valence-electron chi connectivity index (χ4n) is 2.11. The van der Waals surface area contributed by atoms with Gasteiger partial charge in [-0.2, -0.15) is 5.26 Å². The maximum absolute atomic E-state index is 11.7. The van der Waals surface area contributed by atoms with Crippen LogP contribution in [0.15, 0.2) is 22.1 Å². The molecule has 0 aliphatic carbocycles. The number of nitrogens with zero attached hydrogens (tertiary/aromatic N) is 1. The van der Waals surface area contributed by atoms with E-state index in [1.54, 1.807) is 6.92 Å². The number of rotatable bonds is 3. The summed E-state index contributed by atoms with van der Waals surface area (Å²) >= 11 is 0. The van der Waals surface area contributed by atoms with Gasteiger partial charge in [0.25, 0.3) is 0 Å². The van der Waals surface area contributed by atoms with Gasteiger partial charge in [-0.1, -0.05) is 0 Å². The molecule has 0 bridgehead atoms. The number of carbonyl (C=O) groups is 1. The van der Waals surface area contributed by atoms with Crippen LogP contribution in [0.2, 0.25) is 0 Å². The summed E-state index contributed by atoms with van der Waals surface area (Å²) < 4.78 is 10.6. The van der Waals surface area contributed by atoms with E-state index < -0.39 is 5.97 Å². The molecule has 0 unspecified atom stereocenters. The number of aryl methyl sites for hydroxylation is 3. The summed E-state index contributed by atoms with van der Waals surface area (Å²) in [5.74, 6) is -0.119. The van der Waals surface area contributed by atoms with Crippen molar-refractivity contribution in [2.24, 2.45) is 0 Å². The lowest BCUT2D eigenvalue weighted by Gasteiger charge is -1.98. The van der Waals surface area contributed by atoms with Gasteiger partial charge in [0.15, 0.2) is 0 Å². The van der Waals surface area contributed by atoms with Gasteiger partial charge in [-0.25, -0.2) is 4.79 Å². The molecule has 0 N–H and O–H groups in total. The smallest absolute Gasteiger partial charge is 0.349 e. The van der Waals surface area contributed by atoms with Gasteiger partial charge < -0.3 is 9.15 Å². The van der Waals surface area contributed by atoms with Crippen molar-refractivity contribution in [2.75, 3.05) is 6.61 Å². The Balaban J connectivity index is 2.54. The quantitative estimate of drug-likeness (QED) is 0.488. The normalized spacial score (nSPS) is 11.5. The van der Waals surface area contributed by atoms with Gasteiger partial charge in [0.05, 0.1) is 6.61 Å². The lowest BCUT2D eigenvalue weighted by molar-refractivity contribution is -0.137. The Labute approximate surface area is 123 Å². The van der Waals surface area contributed by atoms with E-state index in [4.69, 9.17) is 14.4 Å². The van der Waals surface area contributed by atoms with Gasteiger partial charge >= 0.3 is 5.97 Å². The number of furan rings is 1. The molecule has 108 valence electrons. The minimum Gasteiger partial charge on any atom is -0.462 e. The predicted molar refractivity (Wildman–Crippen MR) is 80.6 cm³/mol. The molecule has 2 rings (SSSR count). The molecule has 0 aliphatic rings. The van der Waals surface area contributed by atoms with E-state index in [1.165, 1.54) is 11.6 Å². The maximum atomic E-state index is 11.7. The summed E-state index contributed by atoms with van der Waals surface area (Å²) in [4.78, 5) is 11.7. The van der Waals surface area contributed by atoms with E-state index in [2.05, 4.69) is 6.07 Å². The van der Waals surface area contributed by atoms with E-state index in [0.717, 1.165) is 22.1 Å². The first kappa shape index (κ1) is 14.9. The second-order valence-corrected chi connectivity index (χ2v) is 4.91. The van der Waals surface area contributed by atoms with Gasteiger partial charge in [-0.3, -0.25) is 0 Å². The average molecular weight is 283 g/mol. The van der Waals surface area contributed by atoms with Crippen molar-refractivity contribution >= 4 is 23.0 Å². The average Bonchev–Trinajstić information content (AvgIpc) is 2.73. The fraction of sp³-hybridized carbons (Fsp3) is 0.294. The number of esters is 1. The van der Waals surface area contributed by atoms with E-state index >= 15 is 0 Å². The summed E-state index contributed by atoms with van der Waals surface area (Å²) in [5, 5.41) is 10.1. The number of nitriles is 1. The second-order valence-electron chi connectivity index (χ2n) is 4.91. The number of carbonyl (C=O) groups excluding carboxylic acids is 1. The van der Waals surface area contributed by atoms with Gasteiger partial charge in [0, 0.05) is 17.0 Å².